The highest BCUT2D eigenvalue weighted by Crippen LogP contribution is 2.09. The van der Waals surface area contributed by atoms with E-state index in [2.05, 4.69) is 31.0 Å². The first-order valence-corrected chi connectivity index (χ1v) is 6.86. The first-order chi connectivity index (χ1) is 7.81. The molecule has 0 amide bonds. The number of ether oxygens (including phenoxy) is 1. The van der Waals surface area contributed by atoms with E-state index in [1.807, 2.05) is 0 Å². The second-order valence-electron chi connectivity index (χ2n) is 4.64. The fourth-order valence-electron chi connectivity index (χ4n) is 2.35. The number of morpholine rings is 1. The van der Waals surface area contributed by atoms with Crippen molar-refractivity contribution in [2.24, 2.45) is 0 Å². The molecule has 96 valence electrons. The molecular weight excluding hydrogens is 200 g/mol. The molecule has 3 nitrogen and oxygen atoms in total. The van der Waals surface area contributed by atoms with Gasteiger partial charge in [0.15, 0.2) is 0 Å². The van der Waals surface area contributed by atoms with Crippen LogP contribution in [0.15, 0.2) is 0 Å². The first kappa shape index (κ1) is 13.9. The lowest BCUT2D eigenvalue weighted by Crippen LogP contribution is -2.48. The molecule has 1 N–H and O–H groups in total. The first-order valence-electron chi connectivity index (χ1n) is 6.86. The fraction of sp³-hybridized carbons (Fsp3) is 1.00. The second-order valence-corrected chi connectivity index (χ2v) is 4.64. The Bertz CT molecular complexity index is 171. The molecule has 1 atom stereocenters. The summed E-state index contributed by atoms with van der Waals surface area (Å²) in [5.74, 6) is 0. The van der Waals surface area contributed by atoms with E-state index in [1.54, 1.807) is 0 Å². The number of hydrogen-bond acceptors (Lipinski definition) is 3. The molecule has 0 radical (unpaired) electrons. The van der Waals surface area contributed by atoms with Gasteiger partial charge in [0, 0.05) is 31.7 Å². The van der Waals surface area contributed by atoms with Crippen LogP contribution in [-0.4, -0.2) is 49.8 Å². The van der Waals surface area contributed by atoms with Crippen molar-refractivity contribution in [2.45, 2.75) is 52.1 Å². The zero-order chi connectivity index (χ0) is 11.8. The molecule has 1 fully saturated rings. The maximum atomic E-state index is 5.51. The summed E-state index contributed by atoms with van der Waals surface area (Å²) in [6, 6.07) is 1.33. The Balaban J connectivity index is 2.19. The van der Waals surface area contributed by atoms with E-state index in [0.29, 0.717) is 12.1 Å². The van der Waals surface area contributed by atoms with Gasteiger partial charge in [-0.1, -0.05) is 20.8 Å². The predicted molar refractivity (Wildman–Crippen MR) is 68.8 cm³/mol. The third kappa shape index (κ3) is 4.40. The predicted octanol–water partition coefficient (Wildman–Crippen LogP) is 1.88. The Kier molecular flexibility index (Phi) is 7.01. The van der Waals surface area contributed by atoms with Crippen LogP contribution < -0.4 is 5.32 Å². The maximum absolute atomic E-state index is 5.51. The third-order valence-electron chi connectivity index (χ3n) is 3.64. The number of nitrogens with zero attached hydrogens (tertiary/aromatic N) is 1. The van der Waals surface area contributed by atoms with E-state index in [1.165, 1.54) is 25.8 Å². The van der Waals surface area contributed by atoms with Crippen LogP contribution in [-0.2, 0) is 4.74 Å². The number of rotatable bonds is 7. The van der Waals surface area contributed by atoms with Gasteiger partial charge in [-0.2, -0.15) is 0 Å². The minimum absolute atomic E-state index is 0.636. The highest BCUT2D eigenvalue weighted by Gasteiger charge is 2.20. The van der Waals surface area contributed by atoms with Crippen molar-refractivity contribution in [2.75, 3.05) is 32.8 Å². The SMILES string of the molecule is CCC(CC)NCCN1CCOCC1CC. The molecular formula is C13H28N2O. The van der Waals surface area contributed by atoms with E-state index in [-0.39, 0.29) is 0 Å². The van der Waals surface area contributed by atoms with Gasteiger partial charge >= 0.3 is 0 Å². The molecule has 0 saturated carbocycles. The van der Waals surface area contributed by atoms with Gasteiger partial charge in [-0.25, -0.2) is 0 Å². The van der Waals surface area contributed by atoms with Crippen LogP contribution in [0.3, 0.4) is 0 Å². The largest absolute Gasteiger partial charge is 0.378 e. The van der Waals surface area contributed by atoms with Crippen molar-refractivity contribution in [3.05, 3.63) is 0 Å². The lowest BCUT2D eigenvalue weighted by Gasteiger charge is -2.35. The van der Waals surface area contributed by atoms with Crippen LogP contribution in [0.2, 0.25) is 0 Å². The lowest BCUT2D eigenvalue weighted by atomic mass is 10.1. The summed E-state index contributed by atoms with van der Waals surface area (Å²) in [5, 5.41) is 3.63. The molecule has 0 aromatic carbocycles. The normalized spacial score (nSPS) is 22.9. The van der Waals surface area contributed by atoms with Crippen molar-refractivity contribution in [1.82, 2.24) is 10.2 Å². The van der Waals surface area contributed by atoms with Crippen LogP contribution >= 0.6 is 0 Å². The molecule has 1 rings (SSSR count). The summed E-state index contributed by atoms with van der Waals surface area (Å²) >= 11 is 0. The van der Waals surface area contributed by atoms with Crippen LogP contribution in [0.1, 0.15) is 40.0 Å². The number of hydrogen-bond donors (Lipinski definition) is 1. The van der Waals surface area contributed by atoms with Crippen molar-refractivity contribution < 1.29 is 4.74 Å². The Morgan fingerprint density at radius 1 is 1.31 bits per heavy atom. The van der Waals surface area contributed by atoms with Crippen LogP contribution in [0.5, 0.6) is 0 Å². The third-order valence-corrected chi connectivity index (χ3v) is 3.64. The molecule has 3 heteroatoms. The zero-order valence-electron chi connectivity index (χ0n) is 11.2. The quantitative estimate of drug-likeness (QED) is 0.720. The number of nitrogens with one attached hydrogen (secondary N) is 1. The lowest BCUT2D eigenvalue weighted by molar-refractivity contribution is -0.00811. The summed E-state index contributed by atoms with van der Waals surface area (Å²) in [4.78, 5) is 2.57. The Morgan fingerprint density at radius 3 is 2.69 bits per heavy atom. The van der Waals surface area contributed by atoms with Gasteiger partial charge in [0.05, 0.1) is 13.2 Å². The van der Waals surface area contributed by atoms with E-state index < -0.39 is 0 Å². The van der Waals surface area contributed by atoms with E-state index in [9.17, 15) is 0 Å². The summed E-state index contributed by atoms with van der Waals surface area (Å²) in [6.45, 7) is 12.0. The van der Waals surface area contributed by atoms with Crippen molar-refractivity contribution in [1.29, 1.82) is 0 Å². The van der Waals surface area contributed by atoms with E-state index in [4.69, 9.17) is 4.74 Å². The molecule has 1 heterocycles. The van der Waals surface area contributed by atoms with Crippen LogP contribution in [0, 0.1) is 0 Å². The Hall–Kier alpha value is -0.120. The summed E-state index contributed by atoms with van der Waals surface area (Å²) in [6.07, 6.45) is 3.67. The van der Waals surface area contributed by atoms with E-state index >= 15 is 0 Å². The zero-order valence-corrected chi connectivity index (χ0v) is 11.2. The van der Waals surface area contributed by atoms with Gasteiger partial charge < -0.3 is 10.1 Å². The minimum atomic E-state index is 0.636. The molecule has 0 spiro atoms. The van der Waals surface area contributed by atoms with Crippen molar-refractivity contribution >= 4 is 0 Å². The summed E-state index contributed by atoms with van der Waals surface area (Å²) in [5.41, 5.74) is 0. The fourth-order valence-corrected chi connectivity index (χ4v) is 2.35. The smallest absolute Gasteiger partial charge is 0.0622 e. The maximum Gasteiger partial charge on any atom is 0.0622 e. The second kappa shape index (κ2) is 8.04. The molecule has 0 bridgehead atoms. The molecule has 1 saturated heterocycles. The molecule has 1 unspecified atom stereocenters. The molecule has 1 aliphatic rings. The molecule has 0 aromatic rings. The van der Waals surface area contributed by atoms with Gasteiger partial charge in [0.25, 0.3) is 0 Å². The topological polar surface area (TPSA) is 24.5 Å². The van der Waals surface area contributed by atoms with E-state index in [0.717, 1.165) is 26.3 Å². The standard InChI is InChI=1S/C13H28N2O/c1-4-12(5-2)14-7-8-15-9-10-16-11-13(15)6-3/h12-14H,4-11H2,1-3H3. The Morgan fingerprint density at radius 2 is 2.06 bits per heavy atom. The Labute approximate surface area is 101 Å². The molecule has 0 aliphatic carbocycles. The van der Waals surface area contributed by atoms with Crippen LogP contribution in [0.4, 0.5) is 0 Å². The summed E-state index contributed by atoms with van der Waals surface area (Å²) in [7, 11) is 0. The minimum Gasteiger partial charge on any atom is -0.378 e. The van der Waals surface area contributed by atoms with Crippen molar-refractivity contribution in [3.8, 4) is 0 Å². The highest BCUT2D eigenvalue weighted by molar-refractivity contribution is 4.75. The monoisotopic (exact) mass is 228 g/mol. The average molecular weight is 228 g/mol. The van der Waals surface area contributed by atoms with Gasteiger partial charge in [-0.3, -0.25) is 4.90 Å². The molecule has 0 aromatic heterocycles. The summed E-state index contributed by atoms with van der Waals surface area (Å²) < 4.78 is 5.51. The average Bonchev–Trinajstić information content (AvgIpc) is 2.35. The molecule has 16 heavy (non-hydrogen) atoms. The van der Waals surface area contributed by atoms with Gasteiger partial charge in [-0.15, -0.1) is 0 Å². The van der Waals surface area contributed by atoms with Gasteiger partial charge in [-0.05, 0) is 19.3 Å². The van der Waals surface area contributed by atoms with Crippen LogP contribution in [0.25, 0.3) is 0 Å². The van der Waals surface area contributed by atoms with Gasteiger partial charge in [0.2, 0.25) is 0 Å². The van der Waals surface area contributed by atoms with Gasteiger partial charge in [0.1, 0.15) is 0 Å². The van der Waals surface area contributed by atoms with Crippen molar-refractivity contribution in [3.63, 3.8) is 0 Å². The molecule has 1 aliphatic heterocycles. The highest BCUT2D eigenvalue weighted by atomic mass is 16.5.